The van der Waals surface area contributed by atoms with Gasteiger partial charge in [0.2, 0.25) is 10.0 Å². The molecule has 0 fully saturated rings. The van der Waals surface area contributed by atoms with E-state index in [0.29, 0.717) is 6.54 Å². The first-order valence-electron chi connectivity index (χ1n) is 7.49. The molecule has 2 aromatic rings. The van der Waals surface area contributed by atoms with Gasteiger partial charge in [0.15, 0.2) is 0 Å². The fraction of sp³-hybridized carbons (Fsp3) is 0.571. The van der Waals surface area contributed by atoms with Crippen molar-refractivity contribution in [3.8, 4) is 0 Å². The minimum atomic E-state index is -3.15. The van der Waals surface area contributed by atoms with Gasteiger partial charge in [0, 0.05) is 42.9 Å². The number of nitrogens with one attached hydrogen (secondary N) is 1. The van der Waals surface area contributed by atoms with Crippen LogP contribution in [0.2, 0.25) is 0 Å². The Balaban J connectivity index is 1.67. The molecule has 23 heavy (non-hydrogen) atoms. The van der Waals surface area contributed by atoms with E-state index in [1.54, 1.807) is 11.3 Å². The first kappa shape index (κ1) is 16.6. The molecule has 3 heterocycles. The van der Waals surface area contributed by atoms with E-state index in [1.807, 2.05) is 19.4 Å². The summed E-state index contributed by atoms with van der Waals surface area (Å²) in [7, 11) is -3.15. The van der Waals surface area contributed by atoms with Gasteiger partial charge in [-0.15, -0.1) is 11.3 Å². The maximum atomic E-state index is 11.2. The lowest BCUT2D eigenvalue weighted by atomic mass is 10.1. The van der Waals surface area contributed by atoms with Crippen molar-refractivity contribution in [1.82, 2.24) is 24.2 Å². The molecule has 126 valence electrons. The monoisotopic (exact) mass is 355 g/mol. The zero-order chi connectivity index (χ0) is 16.4. The van der Waals surface area contributed by atoms with Crippen molar-refractivity contribution >= 4 is 21.4 Å². The molecule has 0 aromatic carbocycles. The number of hydrogen-bond acceptors (Lipinski definition) is 6. The summed E-state index contributed by atoms with van der Waals surface area (Å²) in [5.74, 6) is 0. The molecule has 0 amide bonds. The van der Waals surface area contributed by atoms with E-state index in [2.05, 4.69) is 29.5 Å². The van der Waals surface area contributed by atoms with Crippen molar-refractivity contribution < 1.29 is 8.42 Å². The molecule has 0 saturated heterocycles. The van der Waals surface area contributed by atoms with Crippen LogP contribution in [0.1, 0.15) is 28.9 Å². The van der Waals surface area contributed by atoms with Gasteiger partial charge in [-0.25, -0.2) is 23.1 Å². The second-order valence-electron chi connectivity index (χ2n) is 5.95. The number of hydrogen-bond donors (Lipinski definition) is 1. The number of aromatic nitrogens is 3. The molecule has 0 radical (unpaired) electrons. The molecule has 0 unspecified atom stereocenters. The molecule has 2 aromatic heterocycles. The van der Waals surface area contributed by atoms with Gasteiger partial charge < -0.3 is 4.57 Å². The summed E-state index contributed by atoms with van der Waals surface area (Å²) in [5.41, 5.74) is 2.22. The van der Waals surface area contributed by atoms with Crippen LogP contribution in [0.3, 0.4) is 0 Å². The maximum Gasteiger partial charge on any atom is 0.208 e. The van der Waals surface area contributed by atoms with Crippen molar-refractivity contribution in [2.24, 2.45) is 0 Å². The van der Waals surface area contributed by atoms with Crippen molar-refractivity contribution in [1.29, 1.82) is 0 Å². The summed E-state index contributed by atoms with van der Waals surface area (Å²) in [5, 5.41) is 3.18. The van der Waals surface area contributed by atoms with Crippen LogP contribution in [0, 0.1) is 6.92 Å². The number of fused-ring (bicyclic) bond motifs is 1. The number of thiazole rings is 1. The molecular weight excluding hydrogens is 334 g/mol. The fourth-order valence-electron chi connectivity index (χ4n) is 2.89. The molecule has 9 heteroatoms. The Morgan fingerprint density at radius 2 is 2.30 bits per heavy atom. The zero-order valence-corrected chi connectivity index (χ0v) is 14.9. The molecule has 0 aliphatic carbocycles. The van der Waals surface area contributed by atoms with Crippen LogP contribution in [0.25, 0.3) is 0 Å². The van der Waals surface area contributed by atoms with E-state index in [-0.39, 0.29) is 6.04 Å². The van der Waals surface area contributed by atoms with Gasteiger partial charge >= 0.3 is 0 Å². The van der Waals surface area contributed by atoms with Gasteiger partial charge in [-0.2, -0.15) is 0 Å². The molecule has 0 saturated carbocycles. The van der Waals surface area contributed by atoms with E-state index in [9.17, 15) is 8.42 Å². The number of imidazole rings is 1. The molecule has 7 nitrogen and oxygen atoms in total. The first-order chi connectivity index (χ1) is 10.9. The lowest BCUT2D eigenvalue weighted by molar-refractivity contribution is 0.172. The molecule has 3 rings (SSSR count). The normalized spacial score (nSPS) is 19.0. The van der Waals surface area contributed by atoms with Crippen molar-refractivity contribution in [3.05, 3.63) is 34.3 Å². The largest absolute Gasteiger partial charge is 0.329 e. The highest BCUT2D eigenvalue weighted by molar-refractivity contribution is 7.88. The number of nitrogens with zero attached hydrogens (tertiary/aromatic N) is 4. The number of aryl methyl sites for hydroxylation is 1. The van der Waals surface area contributed by atoms with Crippen LogP contribution in [-0.2, 0) is 23.1 Å². The van der Waals surface area contributed by atoms with Gasteiger partial charge in [0.05, 0.1) is 24.8 Å². The summed E-state index contributed by atoms with van der Waals surface area (Å²) in [4.78, 5) is 11.1. The summed E-state index contributed by atoms with van der Waals surface area (Å²) >= 11 is 1.68. The molecule has 1 aliphatic heterocycles. The molecule has 1 N–H and O–H groups in total. The zero-order valence-electron chi connectivity index (χ0n) is 13.3. The maximum absolute atomic E-state index is 11.2. The van der Waals surface area contributed by atoms with Crippen molar-refractivity contribution in [3.63, 3.8) is 0 Å². The Morgan fingerprint density at radius 1 is 1.48 bits per heavy atom. The van der Waals surface area contributed by atoms with Gasteiger partial charge in [-0.3, -0.25) is 4.90 Å². The SMILES string of the molecule is Cc1csc(CN2Cc3cncn3[C@H](CCNS(C)(=O)=O)C2)n1. The van der Waals surface area contributed by atoms with Crippen molar-refractivity contribution in [2.45, 2.75) is 32.5 Å². The highest BCUT2D eigenvalue weighted by atomic mass is 32.2. The first-order valence-corrected chi connectivity index (χ1v) is 10.3. The third-order valence-corrected chi connectivity index (χ3v) is 5.54. The Morgan fingerprint density at radius 3 is 3.00 bits per heavy atom. The van der Waals surface area contributed by atoms with Crippen molar-refractivity contribution in [2.75, 3.05) is 19.3 Å². The second-order valence-corrected chi connectivity index (χ2v) is 8.73. The molecule has 0 bridgehead atoms. The Labute approximate surface area is 140 Å². The predicted molar refractivity (Wildman–Crippen MR) is 89.7 cm³/mol. The fourth-order valence-corrected chi connectivity index (χ4v) is 4.19. The van der Waals surface area contributed by atoms with E-state index in [1.165, 1.54) is 6.26 Å². The smallest absolute Gasteiger partial charge is 0.208 e. The molecule has 1 aliphatic rings. The van der Waals surface area contributed by atoms with Crippen LogP contribution in [0.15, 0.2) is 17.9 Å². The summed E-state index contributed by atoms with van der Waals surface area (Å²) < 4.78 is 27.2. The molecule has 1 atom stereocenters. The summed E-state index contributed by atoms with van der Waals surface area (Å²) in [6.45, 7) is 4.97. The highest BCUT2D eigenvalue weighted by Gasteiger charge is 2.25. The molecule has 0 spiro atoms. The lowest BCUT2D eigenvalue weighted by Crippen LogP contribution is -2.38. The topological polar surface area (TPSA) is 80.1 Å². The highest BCUT2D eigenvalue weighted by Crippen LogP contribution is 2.25. The summed E-state index contributed by atoms with van der Waals surface area (Å²) in [6, 6.07) is 0.219. The van der Waals surface area contributed by atoms with Crippen LogP contribution < -0.4 is 4.72 Å². The quantitative estimate of drug-likeness (QED) is 0.841. The third kappa shape index (κ3) is 4.37. The average molecular weight is 355 g/mol. The van der Waals surface area contributed by atoms with Crippen LogP contribution in [-0.4, -0.2) is 47.2 Å². The van der Waals surface area contributed by atoms with Crippen LogP contribution in [0.4, 0.5) is 0 Å². The standard InChI is InChI=1S/C14H21N5O2S2/c1-11-9-22-14(17-11)8-18-6-12(3-4-16-23(2,20)21)19-10-15-5-13(19)7-18/h5,9-10,12,16H,3-4,6-8H2,1-2H3/t12-/m1/s1. The Kier molecular flexibility index (Phi) is 4.81. The van der Waals surface area contributed by atoms with Gasteiger partial charge in [0.25, 0.3) is 0 Å². The summed E-state index contributed by atoms with van der Waals surface area (Å²) in [6.07, 6.45) is 5.65. The minimum Gasteiger partial charge on any atom is -0.329 e. The van der Waals surface area contributed by atoms with Gasteiger partial charge in [0.1, 0.15) is 5.01 Å². The van der Waals surface area contributed by atoms with Crippen LogP contribution in [0.5, 0.6) is 0 Å². The van der Waals surface area contributed by atoms with Crippen LogP contribution >= 0.6 is 11.3 Å². The Bertz CT molecular complexity index is 768. The molecular formula is C14H21N5O2S2. The average Bonchev–Trinajstić information content (AvgIpc) is 3.06. The van der Waals surface area contributed by atoms with Gasteiger partial charge in [-0.05, 0) is 13.3 Å². The van der Waals surface area contributed by atoms with E-state index < -0.39 is 10.0 Å². The number of rotatable bonds is 6. The lowest BCUT2D eigenvalue weighted by Gasteiger charge is -2.34. The van der Waals surface area contributed by atoms with E-state index in [4.69, 9.17) is 0 Å². The van der Waals surface area contributed by atoms with E-state index >= 15 is 0 Å². The minimum absolute atomic E-state index is 0.219. The Hall–Kier alpha value is -1.29. The third-order valence-electron chi connectivity index (χ3n) is 3.86. The van der Waals surface area contributed by atoms with E-state index in [0.717, 1.165) is 42.5 Å². The van der Waals surface area contributed by atoms with Gasteiger partial charge in [-0.1, -0.05) is 0 Å². The predicted octanol–water partition coefficient (Wildman–Crippen LogP) is 1.14. The second kappa shape index (κ2) is 6.68. The number of sulfonamides is 1.